The van der Waals surface area contributed by atoms with Crippen LogP contribution in [-0.2, 0) is 0 Å². The molecule has 0 saturated carbocycles. The summed E-state index contributed by atoms with van der Waals surface area (Å²) in [5.41, 5.74) is 4.33. The zero-order chi connectivity index (χ0) is 19.0. The summed E-state index contributed by atoms with van der Waals surface area (Å²) < 4.78 is 5.34. The maximum atomic E-state index is 11.5. The predicted octanol–water partition coefficient (Wildman–Crippen LogP) is 4.42. The molecule has 0 saturated heterocycles. The molecule has 5 nitrogen and oxygen atoms in total. The van der Waals surface area contributed by atoms with Crippen molar-refractivity contribution in [3.05, 3.63) is 70.8 Å². The van der Waals surface area contributed by atoms with Gasteiger partial charge in [-0.2, -0.15) is 5.26 Å². The van der Waals surface area contributed by atoms with Crippen LogP contribution in [0.5, 0.6) is 5.75 Å². The van der Waals surface area contributed by atoms with E-state index in [2.05, 4.69) is 17.5 Å². The Morgan fingerprint density at radius 2 is 2.07 bits per heavy atom. The first-order valence-electron chi connectivity index (χ1n) is 9.00. The van der Waals surface area contributed by atoms with Gasteiger partial charge >= 0.3 is 5.97 Å². The highest BCUT2D eigenvalue weighted by Gasteiger charge is 2.38. The van der Waals surface area contributed by atoms with Gasteiger partial charge in [0.15, 0.2) is 6.61 Å². The number of hydrogen-bond donors (Lipinski definition) is 2. The van der Waals surface area contributed by atoms with Crippen LogP contribution >= 0.6 is 0 Å². The third-order valence-corrected chi connectivity index (χ3v) is 5.57. The van der Waals surface area contributed by atoms with E-state index in [-0.39, 0.29) is 18.6 Å². The van der Waals surface area contributed by atoms with E-state index in [1.165, 1.54) is 5.56 Å². The van der Waals surface area contributed by atoms with Gasteiger partial charge in [0.25, 0.3) is 0 Å². The fraction of sp³-hybridized carbons (Fsp3) is 0.273. The van der Waals surface area contributed by atoms with E-state index in [9.17, 15) is 9.90 Å². The minimum absolute atomic E-state index is 0.0280. The number of carboxylic acids is 1. The summed E-state index contributed by atoms with van der Waals surface area (Å²) >= 11 is 0. The maximum Gasteiger partial charge on any atom is 0.336 e. The average Bonchev–Trinajstić information content (AvgIpc) is 3.16. The number of allylic oxidation sites excluding steroid dienone is 2. The number of nitrogens with one attached hydrogen (secondary N) is 1. The number of fused-ring (bicyclic) bond motifs is 3. The predicted molar refractivity (Wildman–Crippen MR) is 102 cm³/mol. The van der Waals surface area contributed by atoms with Crippen LogP contribution in [0.15, 0.2) is 48.6 Å². The highest BCUT2D eigenvalue weighted by atomic mass is 16.5. The minimum Gasteiger partial charge on any atom is -0.479 e. The molecule has 0 bridgehead atoms. The van der Waals surface area contributed by atoms with Gasteiger partial charge in [0, 0.05) is 11.6 Å². The van der Waals surface area contributed by atoms with E-state index in [1.807, 2.05) is 43.3 Å². The highest BCUT2D eigenvalue weighted by molar-refractivity contribution is 5.92. The summed E-state index contributed by atoms with van der Waals surface area (Å²) in [5.74, 6) is 0.430. The van der Waals surface area contributed by atoms with Crippen LogP contribution < -0.4 is 10.1 Å². The second-order valence-electron chi connectivity index (χ2n) is 7.00. The molecule has 0 unspecified atom stereocenters. The molecule has 0 spiro atoms. The van der Waals surface area contributed by atoms with Crippen molar-refractivity contribution in [3.63, 3.8) is 0 Å². The zero-order valence-electron chi connectivity index (χ0n) is 15.0. The summed E-state index contributed by atoms with van der Waals surface area (Å²) in [6.07, 6.45) is 5.43. The van der Waals surface area contributed by atoms with Gasteiger partial charge in [-0.25, -0.2) is 4.79 Å². The van der Waals surface area contributed by atoms with Gasteiger partial charge in [0.1, 0.15) is 11.8 Å². The van der Waals surface area contributed by atoms with Crippen LogP contribution in [0.4, 0.5) is 5.69 Å². The molecule has 136 valence electrons. The molecule has 5 heteroatoms. The van der Waals surface area contributed by atoms with E-state index in [0.29, 0.717) is 17.2 Å². The van der Waals surface area contributed by atoms with Crippen LogP contribution in [0.2, 0.25) is 0 Å². The fourth-order valence-corrected chi connectivity index (χ4v) is 4.26. The molecule has 0 fully saturated rings. The van der Waals surface area contributed by atoms with Crippen molar-refractivity contribution in [3.8, 4) is 11.8 Å². The second kappa shape index (κ2) is 6.81. The Morgan fingerprint density at radius 3 is 2.78 bits per heavy atom. The second-order valence-corrected chi connectivity index (χ2v) is 7.00. The Labute approximate surface area is 157 Å². The van der Waals surface area contributed by atoms with Crippen LogP contribution in [0.3, 0.4) is 0 Å². The lowest BCUT2D eigenvalue weighted by molar-refractivity contribution is 0.0696. The average molecular weight is 360 g/mol. The molecular formula is C22H20N2O3. The van der Waals surface area contributed by atoms with E-state index in [4.69, 9.17) is 10.00 Å². The quantitative estimate of drug-likeness (QED) is 0.789. The number of aromatic carboxylic acids is 1. The lowest BCUT2D eigenvalue weighted by Gasteiger charge is -2.38. The minimum atomic E-state index is -0.906. The van der Waals surface area contributed by atoms with Crippen LogP contribution in [0.25, 0.3) is 0 Å². The SMILES string of the molecule is Cc1c(C(=O)O)ccc2c1N[C@H](c1ccc(OCC#N)cc1)[C@@H]1CC=C[C@H]21. The van der Waals surface area contributed by atoms with Gasteiger partial charge in [0.2, 0.25) is 0 Å². The molecule has 0 amide bonds. The van der Waals surface area contributed by atoms with E-state index in [0.717, 1.165) is 23.2 Å². The molecular weight excluding hydrogens is 340 g/mol. The lowest BCUT2D eigenvalue weighted by atomic mass is 9.76. The zero-order valence-corrected chi connectivity index (χ0v) is 15.0. The normalized spacial score (nSPS) is 22.3. The van der Waals surface area contributed by atoms with Crippen molar-refractivity contribution in [2.24, 2.45) is 5.92 Å². The van der Waals surface area contributed by atoms with Crippen molar-refractivity contribution in [1.82, 2.24) is 0 Å². The Bertz CT molecular complexity index is 957. The molecule has 1 aliphatic heterocycles. The van der Waals surface area contributed by atoms with Crippen molar-refractivity contribution in [2.45, 2.75) is 25.3 Å². The van der Waals surface area contributed by atoms with E-state index < -0.39 is 5.97 Å². The monoisotopic (exact) mass is 360 g/mol. The number of ether oxygens (including phenoxy) is 1. The van der Waals surface area contributed by atoms with Gasteiger partial charge in [-0.3, -0.25) is 0 Å². The number of rotatable bonds is 4. The number of anilines is 1. The third kappa shape index (κ3) is 2.93. The fourth-order valence-electron chi connectivity index (χ4n) is 4.26. The summed E-state index contributed by atoms with van der Waals surface area (Å²) in [6, 6.07) is 13.5. The van der Waals surface area contributed by atoms with Gasteiger partial charge in [-0.1, -0.05) is 30.4 Å². The Morgan fingerprint density at radius 1 is 1.30 bits per heavy atom. The highest BCUT2D eigenvalue weighted by Crippen LogP contribution is 2.51. The van der Waals surface area contributed by atoms with E-state index in [1.54, 1.807) is 6.07 Å². The molecule has 2 aromatic rings. The smallest absolute Gasteiger partial charge is 0.336 e. The molecule has 1 heterocycles. The summed E-state index contributed by atoms with van der Waals surface area (Å²) in [7, 11) is 0. The first-order chi connectivity index (χ1) is 13.1. The van der Waals surface area contributed by atoms with Crippen LogP contribution in [0, 0.1) is 24.2 Å². The molecule has 2 N–H and O–H groups in total. The van der Waals surface area contributed by atoms with Crippen molar-refractivity contribution in [1.29, 1.82) is 5.26 Å². The molecule has 1 aliphatic carbocycles. The number of nitriles is 1. The summed E-state index contributed by atoms with van der Waals surface area (Å²) in [4.78, 5) is 11.5. The largest absolute Gasteiger partial charge is 0.479 e. The van der Waals surface area contributed by atoms with Crippen molar-refractivity contribution >= 4 is 11.7 Å². The molecule has 2 aromatic carbocycles. The molecule has 27 heavy (non-hydrogen) atoms. The number of hydrogen-bond acceptors (Lipinski definition) is 4. The summed E-state index contributed by atoms with van der Waals surface area (Å²) in [6.45, 7) is 1.89. The molecule has 2 aliphatic rings. The van der Waals surface area contributed by atoms with E-state index >= 15 is 0 Å². The molecule has 4 rings (SSSR count). The van der Waals surface area contributed by atoms with Crippen LogP contribution in [0.1, 0.15) is 45.4 Å². The van der Waals surface area contributed by atoms with Crippen molar-refractivity contribution < 1.29 is 14.6 Å². The summed E-state index contributed by atoms with van der Waals surface area (Å²) in [5, 5.41) is 21.7. The number of nitrogens with zero attached hydrogens (tertiary/aromatic N) is 1. The number of carbonyl (C=O) groups is 1. The first-order valence-corrected chi connectivity index (χ1v) is 9.00. The Kier molecular flexibility index (Phi) is 4.33. The van der Waals surface area contributed by atoms with Gasteiger partial charge in [-0.05, 0) is 54.2 Å². The van der Waals surface area contributed by atoms with Crippen LogP contribution in [-0.4, -0.2) is 17.7 Å². The first kappa shape index (κ1) is 17.2. The molecule has 3 atom stereocenters. The van der Waals surface area contributed by atoms with Gasteiger partial charge in [-0.15, -0.1) is 0 Å². The Hall–Kier alpha value is -3.26. The third-order valence-electron chi connectivity index (χ3n) is 5.57. The van der Waals surface area contributed by atoms with Gasteiger partial charge in [0.05, 0.1) is 11.6 Å². The molecule has 0 aromatic heterocycles. The standard InChI is InChI=1S/C22H20N2O3/c1-13-16(22(25)26)9-10-19-17-3-2-4-18(17)21(24-20(13)19)14-5-7-15(8-6-14)27-12-11-23/h2-3,5-10,17-18,21,24H,4,12H2,1H3,(H,25,26)/t17-,18+,21+/m0/s1. The Balaban J connectivity index is 1.71. The topological polar surface area (TPSA) is 82.3 Å². The number of carboxylic acid groups (broad SMARTS) is 1. The lowest BCUT2D eigenvalue weighted by Crippen LogP contribution is -2.30. The molecule has 0 radical (unpaired) electrons. The van der Waals surface area contributed by atoms with Gasteiger partial charge < -0.3 is 15.2 Å². The number of benzene rings is 2. The van der Waals surface area contributed by atoms with Crippen molar-refractivity contribution in [2.75, 3.05) is 11.9 Å². The maximum absolute atomic E-state index is 11.5.